The van der Waals surface area contributed by atoms with E-state index in [-0.39, 0.29) is 6.71 Å². The van der Waals surface area contributed by atoms with Gasteiger partial charge < -0.3 is 9.80 Å². The van der Waals surface area contributed by atoms with Crippen molar-refractivity contribution in [3.8, 4) is 0 Å². The molecule has 0 saturated carbocycles. The van der Waals surface area contributed by atoms with E-state index in [0.717, 1.165) is 11.4 Å². The molecular weight excluding hydrogens is 567 g/mol. The van der Waals surface area contributed by atoms with Gasteiger partial charge in [0.2, 0.25) is 0 Å². The fourth-order valence-corrected chi connectivity index (χ4v) is 7.94. The molecule has 0 N–H and O–H groups in total. The number of nitrogens with zero attached hydrogens (tertiary/aromatic N) is 2. The number of anilines is 6. The van der Waals surface area contributed by atoms with Gasteiger partial charge >= 0.3 is 0 Å². The molecule has 0 atom stereocenters. The maximum atomic E-state index is 2.49. The molecule has 2 aliphatic heterocycles. The van der Waals surface area contributed by atoms with Gasteiger partial charge in [0.15, 0.2) is 0 Å². The zero-order chi connectivity index (χ0) is 31.4. The van der Waals surface area contributed by atoms with Crippen molar-refractivity contribution < 1.29 is 0 Å². The van der Waals surface area contributed by atoms with E-state index in [1.807, 2.05) is 0 Å². The lowest BCUT2D eigenvalue weighted by atomic mass is 9.33. The van der Waals surface area contributed by atoms with Crippen LogP contribution in [0.5, 0.6) is 0 Å². The summed E-state index contributed by atoms with van der Waals surface area (Å²) in [5, 5.41) is 0. The van der Waals surface area contributed by atoms with E-state index in [4.69, 9.17) is 0 Å². The lowest BCUT2D eigenvalue weighted by Gasteiger charge is -2.45. The third-order valence-electron chi connectivity index (χ3n) is 10.2. The highest BCUT2D eigenvalue weighted by molar-refractivity contribution is 7.00. The van der Waals surface area contributed by atoms with Gasteiger partial charge in [-0.1, -0.05) is 133 Å². The molecule has 2 aliphatic rings. The first-order valence-corrected chi connectivity index (χ1v) is 16.4. The first-order chi connectivity index (χ1) is 23.2. The first kappa shape index (κ1) is 27.5. The van der Waals surface area contributed by atoms with E-state index < -0.39 is 5.41 Å². The zero-order valence-corrected chi connectivity index (χ0v) is 26.3. The van der Waals surface area contributed by atoms with Gasteiger partial charge in [0.1, 0.15) is 0 Å². The monoisotopic (exact) mass is 600 g/mol. The largest absolute Gasteiger partial charge is 0.311 e. The Labute approximate surface area is 277 Å². The van der Waals surface area contributed by atoms with Crippen LogP contribution in [0.3, 0.4) is 0 Å². The Balaban J connectivity index is 1.43. The number of fused-ring (bicyclic) bond motifs is 4. The van der Waals surface area contributed by atoms with E-state index in [1.54, 1.807) is 0 Å². The highest BCUT2D eigenvalue weighted by Gasteiger charge is 2.44. The molecule has 0 bridgehead atoms. The highest BCUT2D eigenvalue weighted by Crippen LogP contribution is 2.48. The molecule has 47 heavy (non-hydrogen) atoms. The van der Waals surface area contributed by atoms with E-state index in [2.05, 4.69) is 199 Å². The molecule has 3 heteroatoms. The molecule has 0 saturated heterocycles. The van der Waals surface area contributed by atoms with Crippen LogP contribution in [0.4, 0.5) is 34.1 Å². The Morgan fingerprint density at radius 1 is 0.383 bits per heavy atom. The van der Waals surface area contributed by atoms with E-state index in [1.165, 1.54) is 55.8 Å². The van der Waals surface area contributed by atoms with Crippen LogP contribution >= 0.6 is 0 Å². The second kappa shape index (κ2) is 10.9. The second-order valence-corrected chi connectivity index (χ2v) is 12.7. The lowest BCUT2D eigenvalue weighted by Crippen LogP contribution is -2.61. The van der Waals surface area contributed by atoms with Gasteiger partial charge in [-0.05, 0) is 88.5 Å². The summed E-state index contributed by atoms with van der Waals surface area (Å²) in [6.07, 6.45) is 0. The molecule has 7 aromatic rings. The van der Waals surface area contributed by atoms with Crippen molar-refractivity contribution >= 4 is 57.2 Å². The molecule has 2 nitrogen and oxygen atoms in total. The fourth-order valence-electron chi connectivity index (χ4n) is 7.94. The van der Waals surface area contributed by atoms with Gasteiger partial charge in [-0.2, -0.15) is 0 Å². The van der Waals surface area contributed by atoms with Crippen molar-refractivity contribution in [2.24, 2.45) is 0 Å². The van der Waals surface area contributed by atoms with Crippen molar-refractivity contribution in [2.75, 3.05) is 9.80 Å². The zero-order valence-electron chi connectivity index (χ0n) is 26.3. The molecule has 0 radical (unpaired) electrons. The van der Waals surface area contributed by atoms with Crippen molar-refractivity contribution in [1.29, 1.82) is 0 Å². The molecule has 0 spiro atoms. The second-order valence-electron chi connectivity index (χ2n) is 12.7. The fraction of sp³-hybridized carbons (Fsp3) is 0.0455. The summed E-state index contributed by atoms with van der Waals surface area (Å²) in [4.78, 5) is 4.98. The van der Waals surface area contributed by atoms with Crippen LogP contribution in [0.1, 0.15) is 23.6 Å². The molecule has 0 aliphatic carbocycles. The quantitative estimate of drug-likeness (QED) is 0.144. The van der Waals surface area contributed by atoms with Crippen LogP contribution in [0.2, 0.25) is 0 Å². The van der Waals surface area contributed by atoms with Crippen LogP contribution in [-0.4, -0.2) is 6.71 Å². The Kier molecular flexibility index (Phi) is 6.40. The molecule has 7 aromatic carbocycles. The maximum Gasteiger partial charge on any atom is 0.252 e. The summed E-state index contributed by atoms with van der Waals surface area (Å²) in [7, 11) is 0. The molecular formula is C44H33BN2. The van der Waals surface area contributed by atoms with Crippen molar-refractivity contribution in [1.82, 2.24) is 0 Å². The summed E-state index contributed by atoms with van der Waals surface area (Å²) in [5.74, 6) is 0. The summed E-state index contributed by atoms with van der Waals surface area (Å²) in [6, 6.07) is 66.6. The number of benzene rings is 7. The highest BCUT2D eigenvalue weighted by atomic mass is 15.2. The van der Waals surface area contributed by atoms with Gasteiger partial charge in [-0.15, -0.1) is 0 Å². The molecule has 0 aromatic heterocycles. The van der Waals surface area contributed by atoms with Crippen LogP contribution < -0.4 is 26.2 Å². The third-order valence-corrected chi connectivity index (χ3v) is 10.2. The SMILES string of the molecule is CC(c1ccccc1)(c1ccccc1)c1cc2c3c(c1)N(c1ccccc1)c1ccccc1B3c1ccccc1N2c1ccccc1. The minimum Gasteiger partial charge on any atom is -0.311 e. The van der Waals surface area contributed by atoms with Gasteiger partial charge in [0.25, 0.3) is 6.71 Å². The predicted molar refractivity (Wildman–Crippen MR) is 199 cm³/mol. The smallest absolute Gasteiger partial charge is 0.252 e. The Morgan fingerprint density at radius 3 is 1.17 bits per heavy atom. The molecule has 222 valence electrons. The number of hydrogen-bond donors (Lipinski definition) is 0. The molecule has 0 amide bonds. The van der Waals surface area contributed by atoms with Gasteiger partial charge in [0.05, 0.1) is 0 Å². The van der Waals surface area contributed by atoms with Gasteiger partial charge in [0, 0.05) is 39.5 Å². The average molecular weight is 601 g/mol. The topological polar surface area (TPSA) is 6.48 Å². The Morgan fingerprint density at radius 2 is 0.745 bits per heavy atom. The first-order valence-electron chi connectivity index (χ1n) is 16.4. The minimum atomic E-state index is -0.414. The van der Waals surface area contributed by atoms with Gasteiger partial charge in [-0.3, -0.25) is 0 Å². The molecule has 9 rings (SSSR count). The van der Waals surface area contributed by atoms with Gasteiger partial charge in [-0.25, -0.2) is 0 Å². The maximum absolute atomic E-state index is 2.49. The van der Waals surface area contributed by atoms with E-state index in [9.17, 15) is 0 Å². The molecule has 0 fully saturated rings. The minimum absolute atomic E-state index is 0.0982. The standard InChI is InChI=1S/C44H33BN2/c1-44(32-18-6-2-7-19-32,33-20-8-3-9-21-33)34-30-41-43-42(31-34)47(36-24-12-5-13-25-36)40-29-17-15-27-38(40)45(43)37-26-14-16-28-39(37)46(41)35-22-10-4-11-23-35/h2-31H,1H3. The van der Waals surface area contributed by atoms with Crippen LogP contribution in [0.15, 0.2) is 182 Å². The summed E-state index contributed by atoms with van der Waals surface area (Å²) in [5.41, 5.74) is 14.6. The Hall–Kier alpha value is -5.80. The van der Waals surface area contributed by atoms with Crippen molar-refractivity contribution in [3.05, 3.63) is 199 Å². The number of hydrogen-bond acceptors (Lipinski definition) is 2. The normalized spacial score (nSPS) is 13.1. The molecule has 2 heterocycles. The summed E-state index contributed by atoms with van der Waals surface area (Å²) >= 11 is 0. The molecule has 0 unspecified atom stereocenters. The third kappa shape index (κ3) is 4.20. The summed E-state index contributed by atoms with van der Waals surface area (Å²) < 4.78 is 0. The Bertz CT molecular complexity index is 2060. The summed E-state index contributed by atoms with van der Waals surface area (Å²) in [6.45, 7) is 2.48. The lowest BCUT2D eigenvalue weighted by molar-refractivity contribution is 0.693. The van der Waals surface area contributed by atoms with E-state index >= 15 is 0 Å². The van der Waals surface area contributed by atoms with Crippen LogP contribution in [0, 0.1) is 0 Å². The van der Waals surface area contributed by atoms with Crippen LogP contribution in [-0.2, 0) is 5.41 Å². The predicted octanol–water partition coefficient (Wildman–Crippen LogP) is 9.12. The van der Waals surface area contributed by atoms with Crippen molar-refractivity contribution in [2.45, 2.75) is 12.3 Å². The number of para-hydroxylation sites is 4. The average Bonchev–Trinajstić information content (AvgIpc) is 3.15. The van der Waals surface area contributed by atoms with Crippen molar-refractivity contribution in [3.63, 3.8) is 0 Å². The van der Waals surface area contributed by atoms with E-state index in [0.29, 0.717) is 0 Å². The number of rotatable bonds is 5. The van der Waals surface area contributed by atoms with Crippen LogP contribution in [0.25, 0.3) is 0 Å².